The van der Waals surface area contributed by atoms with Gasteiger partial charge in [0.05, 0.1) is 26.0 Å². The number of methoxy groups -OCH3 is 2. The minimum atomic E-state index is 0.551. The van der Waals surface area contributed by atoms with E-state index < -0.39 is 0 Å². The molecule has 0 atom stereocenters. The van der Waals surface area contributed by atoms with Crippen LogP contribution in [-0.2, 0) is 9.47 Å². The molecule has 28 heavy (non-hydrogen) atoms. The summed E-state index contributed by atoms with van der Waals surface area (Å²) < 4.78 is 27.8. The summed E-state index contributed by atoms with van der Waals surface area (Å²) in [6.07, 6.45) is 14.0. The summed E-state index contributed by atoms with van der Waals surface area (Å²) in [6, 6.07) is 5.54. The summed E-state index contributed by atoms with van der Waals surface area (Å²) in [7, 11) is 3.19. The van der Waals surface area contributed by atoms with Gasteiger partial charge in [0.15, 0.2) is 23.0 Å². The molecule has 1 aromatic carbocycles. The van der Waals surface area contributed by atoms with Crippen LogP contribution < -0.4 is 9.47 Å². The number of nitrogens with zero attached hydrogens (tertiary/aromatic N) is 1. The van der Waals surface area contributed by atoms with Crippen molar-refractivity contribution in [3.63, 3.8) is 0 Å². The van der Waals surface area contributed by atoms with Gasteiger partial charge in [0, 0.05) is 12.0 Å². The lowest BCUT2D eigenvalue weighted by Crippen LogP contribution is -2.02. The Balaban J connectivity index is 1.57. The number of hydrogen-bond donors (Lipinski definition) is 0. The van der Waals surface area contributed by atoms with E-state index in [9.17, 15) is 0 Å². The Kier molecular flexibility index (Phi) is 5.19. The maximum absolute atomic E-state index is 6.07. The number of hydrogen-bond acceptors (Lipinski definition) is 6. The number of benzene rings is 1. The van der Waals surface area contributed by atoms with Crippen molar-refractivity contribution in [2.24, 2.45) is 0 Å². The zero-order valence-corrected chi connectivity index (χ0v) is 15.8. The number of ether oxygens (including phenoxy) is 4. The molecule has 0 amide bonds. The van der Waals surface area contributed by atoms with E-state index in [2.05, 4.69) is 23.4 Å². The van der Waals surface area contributed by atoms with Gasteiger partial charge in [0.2, 0.25) is 0 Å². The van der Waals surface area contributed by atoms with E-state index in [1.165, 1.54) is 5.57 Å². The first-order chi connectivity index (χ1) is 13.8. The summed E-state index contributed by atoms with van der Waals surface area (Å²) in [6.45, 7) is 0. The molecule has 1 aromatic heterocycles. The Hall–Kier alpha value is -3.41. The number of rotatable bonds is 6. The molecule has 2 aliphatic rings. The molecule has 1 aliphatic carbocycles. The SMILES string of the molecule is COc1ccc(-c2oncc2C2=COC=C(CC3=CC=CCC3)O2)cc1OC. The van der Waals surface area contributed by atoms with E-state index >= 15 is 0 Å². The normalized spacial score (nSPS) is 15.7. The highest BCUT2D eigenvalue weighted by Crippen LogP contribution is 2.37. The van der Waals surface area contributed by atoms with Crippen LogP contribution in [0.15, 0.2) is 71.0 Å². The van der Waals surface area contributed by atoms with Crippen LogP contribution in [0.3, 0.4) is 0 Å². The first-order valence-corrected chi connectivity index (χ1v) is 9.03. The Morgan fingerprint density at radius 2 is 2.00 bits per heavy atom. The molecule has 0 fully saturated rings. The third kappa shape index (κ3) is 3.67. The molecule has 6 heteroatoms. The summed E-state index contributed by atoms with van der Waals surface area (Å²) in [5.74, 6) is 3.12. The fraction of sp³-hybridized carbons (Fsp3) is 0.227. The van der Waals surface area contributed by atoms with Crippen LogP contribution in [0.5, 0.6) is 11.5 Å². The molecule has 4 rings (SSSR count). The Labute approximate surface area is 163 Å². The van der Waals surface area contributed by atoms with Gasteiger partial charge in [-0.2, -0.15) is 0 Å². The van der Waals surface area contributed by atoms with E-state index in [-0.39, 0.29) is 0 Å². The summed E-state index contributed by atoms with van der Waals surface area (Å²) >= 11 is 0. The molecule has 0 unspecified atom stereocenters. The minimum Gasteiger partial charge on any atom is -0.493 e. The average molecular weight is 379 g/mol. The number of allylic oxidation sites excluding steroid dienone is 4. The molecule has 6 nitrogen and oxygen atoms in total. The molecule has 0 saturated heterocycles. The lowest BCUT2D eigenvalue weighted by molar-refractivity contribution is 0.273. The maximum Gasteiger partial charge on any atom is 0.178 e. The summed E-state index contributed by atoms with van der Waals surface area (Å²) in [5, 5.41) is 3.95. The highest BCUT2D eigenvalue weighted by molar-refractivity contribution is 5.76. The van der Waals surface area contributed by atoms with Gasteiger partial charge in [-0.15, -0.1) is 0 Å². The van der Waals surface area contributed by atoms with Crippen LogP contribution in [0, 0.1) is 0 Å². The van der Waals surface area contributed by atoms with Gasteiger partial charge in [-0.3, -0.25) is 0 Å². The average Bonchev–Trinajstić information content (AvgIpc) is 3.24. The van der Waals surface area contributed by atoms with E-state index in [0.29, 0.717) is 35.0 Å². The lowest BCUT2D eigenvalue weighted by atomic mass is 10.0. The fourth-order valence-corrected chi connectivity index (χ4v) is 3.18. The third-order valence-electron chi connectivity index (χ3n) is 4.60. The predicted octanol–water partition coefficient (Wildman–Crippen LogP) is 5.21. The lowest BCUT2D eigenvalue weighted by Gasteiger charge is -2.18. The largest absolute Gasteiger partial charge is 0.493 e. The van der Waals surface area contributed by atoms with Gasteiger partial charge >= 0.3 is 0 Å². The molecular formula is C22H21NO5. The van der Waals surface area contributed by atoms with Crippen LogP contribution in [-0.4, -0.2) is 19.4 Å². The third-order valence-corrected chi connectivity index (χ3v) is 4.60. The van der Waals surface area contributed by atoms with Gasteiger partial charge in [-0.05, 0) is 31.0 Å². The van der Waals surface area contributed by atoms with E-state index in [1.807, 2.05) is 18.2 Å². The summed E-state index contributed by atoms with van der Waals surface area (Å²) in [4.78, 5) is 0. The highest BCUT2D eigenvalue weighted by Gasteiger charge is 2.22. The fourth-order valence-electron chi connectivity index (χ4n) is 3.18. The van der Waals surface area contributed by atoms with Crippen LogP contribution in [0.1, 0.15) is 24.8 Å². The predicted molar refractivity (Wildman–Crippen MR) is 104 cm³/mol. The van der Waals surface area contributed by atoms with Gasteiger partial charge in [0.25, 0.3) is 0 Å². The van der Waals surface area contributed by atoms with Crippen molar-refractivity contribution in [3.05, 3.63) is 72.0 Å². The second-order valence-corrected chi connectivity index (χ2v) is 6.41. The second-order valence-electron chi connectivity index (χ2n) is 6.41. The Bertz CT molecular complexity index is 981. The van der Waals surface area contributed by atoms with Crippen molar-refractivity contribution < 1.29 is 23.5 Å². The smallest absolute Gasteiger partial charge is 0.178 e. The maximum atomic E-state index is 6.07. The van der Waals surface area contributed by atoms with Gasteiger partial charge < -0.3 is 23.5 Å². The molecule has 0 radical (unpaired) electrons. The molecule has 0 N–H and O–H groups in total. The molecule has 2 aromatic rings. The van der Waals surface area contributed by atoms with Crippen LogP contribution >= 0.6 is 0 Å². The van der Waals surface area contributed by atoms with Crippen LogP contribution in [0.2, 0.25) is 0 Å². The van der Waals surface area contributed by atoms with E-state index in [1.54, 1.807) is 32.9 Å². The molecule has 0 spiro atoms. The molecule has 0 bridgehead atoms. The van der Waals surface area contributed by atoms with E-state index in [0.717, 1.165) is 24.2 Å². The minimum absolute atomic E-state index is 0.551. The number of aromatic nitrogens is 1. The van der Waals surface area contributed by atoms with Gasteiger partial charge in [-0.25, -0.2) is 0 Å². The van der Waals surface area contributed by atoms with Crippen molar-refractivity contribution in [3.8, 4) is 22.8 Å². The second kappa shape index (κ2) is 8.08. The first-order valence-electron chi connectivity index (χ1n) is 9.03. The molecular weight excluding hydrogens is 358 g/mol. The topological polar surface area (TPSA) is 63.0 Å². The quantitative estimate of drug-likeness (QED) is 0.686. The van der Waals surface area contributed by atoms with Crippen molar-refractivity contribution >= 4 is 5.76 Å². The van der Waals surface area contributed by atoms with Crippen molar-refractivity contribution in [1.82, 2.24) is 5.16 Å². The van der Waals surface area contributed by atoms with Gasteiger partial charge in [-0.1, -0.05) is 29.0 Å². The standard InChI is InChI=1S/C22H21NO5/c1-24-19-9-8-16(11-20(19)25-2)22-18(12-23-28-22)21-14-26-13-17(27-21)10-15-6-4-3-5-7-15/h3-4,6,8-9,11-14H,5,7,10H2,1-2H3. The first kappa shape index (κ1) is 18.0. The van der Waals surface area contributed by atoms with Crippen molar-refractivity contribution in [2.45, 2.75) is 19.3 Å². The monoisotopic (exact) mass is 379 g/mol. The Morgan fingerprint density at radius 3 is 2.79 bits per heavy atom. The molecule has 144 valence electrons. The van der Waals surface area contributed by atoms with E-state index in [4.69, 9.17) is 23.5 Å². The zero-order chi connectivity index (χ0) is 19.3. The van der Waals surface area contributed by atoms with Crippen molar-refractivity contribution in [1.29, 1.82) is 0 Å². The Morgan fingerprint density at radius 1 is 1.11 bits per heavy atom. The molecule has 1 aliphatic heterocycles. The van der Waals surface area contributed by atoms with Gasteiger partial charge in [0.1, 0.15) is 18.3 Å². The molecule has 0 saturated carbocycles. The molecule has 2 heterocycles. The summed E-state index contributed by atoms with van der Waals surface area (Å²) in [5.41, 5.74) is 2.81. The highest BCUT2D eigenvalue weighted by atomic mass is 16.5. The van der Waals surface area contributed by atoms with Crippen LogP contribution in [0.4, 0.5) is 0 Å². The van der Waals surface area contributed by atoms with Crippen LogP contribution in [0.25, 0.3) is 17.1 Å². The zero-order valence-electron chi connectivity index (χ0n) is 15.8. The van der Waals surface area contributed by atoms with Crippen molar-refractivity contribution in [2.75, 3.05) is 14.2 Å².